The van der Waals surface area contributed by atoms with E-state index in [1.54, 1.807) is 0 Å². The monoisotopic (exact) mass is 246 g/mol. The quantitative estimate of drug-likeness (QED) is 0.887. The van der Waals surface area contributed by atoms with Crippen LogP contribution in [0.25, 0.3) is 0 Å². The predicted octanol–water partition coefficient (Wildman–Crippen LogP) is 2.06. The third-order valence-corrected chi connectivity index (χ3v) is 3.75. The minimum atomic E-state index is 0.149. The number of piperidine rings is 1. The Hall–Kier alpha value is -1.35. The lowest BCUT2D eigenvalue weighted by molar-refractivity contribution is 0.0678. The van der Waals surface area contributed by atoms with Gasteiger partial charge in [-0.1, -0.05) is 19.1 Å². The summed E-state index contributed by atoms with van der Waals surface area (Å²) < 4.78 is 0. The summed E-state index contributed by atoms with van der Waals surface area (Å²) in [5.74, 6) is 0.619. The molecule has 0 saturated carbocycles. The van der Waals surface area contributed by atoms with E-state index in [1.807, 2.05) is 29.2 Å². The number of nitrogens with zero attached hydrogens (tertiary/aromatic N) is 1. The zero-order valence-electron chi connectivity index (χ0n) is 11.1. The maximum Gasteiger partial charge on any atom is 0.253 e. The lowest BCUT2D eigenvalue weighted by Gasteiger charge is -2.32. The van der Waals surface area contributed by atoms with Crippen LogP contribution in [0.5, 0.6) is 0 Å². The van der Waals surface area contributed by atoms with Crippen molar-refractivity contribution >= 4 is 5.91 Å². The third-order valence-electron chi connectivity index (χ3n) is 3.75. The van der Waals surface area contributed by atoms with E-state index in [2.05, 4.69) is 6.92 Å². The molecule has 1 atom stereocenters. The van der Waals surface area contributed by atoms with Gasteiger partial charge in [-0.2, -0.15) is 0 Å². The van der Waals surface area contributed by atoms with E-state index in [4.69, 9.17) is 5.73 Å². The molecule has 0 spiro atoms. The second kappa shape index (κ2) is 6.01. The zero-order valence-corrected chi connectivity index (χ0v) is 11.1. The van der Waals surface area contributed by atoms with Crippen molar-refractivity contribution in [2.75, 3.05) is 19.6 Å². The number of likely N-dealkylation sites (tertiary alicyclic amines) is 1. The highest BCUT2D eigenvalue weighted by atomic mass is 16.2. The molecule has 1 aliphatic heterocycles. The normalized spacial score (nSPS) is 19.9. The van der Waals surface area contributed by atoms with Crippen molar-refractivity contribution in [3.05, 3.63) is 35.4 Å². The van der Waals surface area contributed by atoms with Crippen molar-refractivity contribution in [3.63, 3.8) is 0 Å². The molecule has 1 amide bonds. The van der Waals surface area contributed by atoms with Crippen LogP contribution in [0.15, 0.2) is 24.3 Å². The second-order valence-electron chi connectivity index (χ2n) is 5.05. The summed E-state index contributed by atoms with van der Waals surface area (Å²) in [4.78, 5) is 14.3. The van der Waals surface area contributed by atoms with Gasteiger partial charge in [0, 0.05) is 18.7 Å². The number of aryl methyl sites for hydroxylation is 1. The summed E-state index contributed by atoms with van der Waals surface area (Å²) in [6.07, 6.45) is 3.23. The molecule has 1 unspecified atom stereocenters. The Kier molecular flexibility index (Phi) is 4.37. The molecule has 1 fully saturated rings. The average Bonchev–Trinajstić information content (AvgIpc) is 2.46. The summed E-state index contributed by atoms with van der Waals surface area (Å²) in [7, 11) is 0. The van der Waals surface area contributed by atoms with Gasteiger partial charge in [0.1, 0.15) is 0 Å². The minimum absolute atomic E-state index is 0.149. The highest BCUT2D eigenvalue weighted by Gasteiger charge is 2.23. The number of carbonyl (C=O) groups is 1. The average molecular weight is 246 g/mol. The zero-order chi connectivity index (χ0) is 13.0. The van der Waals surface area contributed by atoms with Crippen LogP contribution in [-0.2, 0) is 6.42 Å². The van der Waals surface area contributed by atoms with Gasteiger partial charge in [0.2, 0.25) is 0 Å². The van der Waals surface area contributed by atoms with E-state index in [-0.39, 0.29) is 5.91 Å². The Morgan fingerprint density at radius 1 is 1.39 bits per heavy atom. The summed E-state index contributed by atoms with van der Waals surface area (Å²) >= 11 is 0. The molecule has 0 aromatic heterocycles. The smallest absolute Gasteiger partial charge is 0.253 e. The standard InChI is InChI=1S/C15H22N2O/c1-2-12-5-7-14(8-6-12)15(18)17-9-3-4-13(10-16)11-17/h5-8,13H,2-4,9-11,16H2,1H3. The molecule has 1 heterocycles. The number of hydrogen-bond donors (Lipinski definition) is 1. The number of hydrogen-bond acceptors (Lipinski definition) is 2. The van der Waals surface area contributed by atoms with Gasteiger partial charge in [-0.15, -0.1) is 0 Å². The minimum Gasteiger partial charge on any atom is -0.338 e. The molecule has 3 nitrogen and oxygen atoms in total. The summed E-state index contributed by atoms with van der Waals surface area (Å²) in [5.41, 5.74) is 7.77. The molecule has 1 aliphatic rings. The van der Waals surface area contributed by atoms with Crippen LogP contribution in [0, 0.1) is 5.92 Å². The molecular formula is C15H22N2O. The van der Waals surface area contributed by atoms with Crippen molar-refractivity contribution in [2.24, 2.45) is 11.7 Å². The Bertz CT molecular complexity index is 399. The van der Waals surface area contributed by atoms with Crippen LogP contribution < -0.4 is 5.73 Å². The second-order valence-corrected chi connectivity index (χ2v) is 5.05. The third kappa shape index (κ3) is 2.91. The first-order valence-corrected chi connectivity index (χ1v) is 6.83. The van der Waals surface area contributed by atoms with Crippen LogP contribution in [0.4, 0.5) is 0 Å². The number of nitrogens with two attached hydrogens (primary N) is 1. The van der Waals surface area contributed by atoms with E-state index < -0.39 is 0 Å². The first-order valence-electron chi connectivity index (χ1n) is 6.83. The number of benzene rings is 1. The molecule has 0 bridgehead atoms. The number of carbonyl (C=O) groups excluding carboxylic acids is 1. The van der Waals surface area contributed by atoms with E-state index >= 15 is 0 Å². The number of rotatable bonds is 3. The molecule has 1 aromatic carbocycles. The van der Waals surface area contributed by atoms with Crippen molar-refractivity contribution in [1.29, 1.82) is 0 Å². The largest absolute Gasteiger partial charge is 0.338 e. The molecule has 2 N–H and O–H groups in total. The molecule has 98 valence electrons. The summed E-state index contributed by atoms with van der Waals surface area (Å²) in [6, 6.07) is 7.95. The predicted molar refractivity (Wildman–Crippen MR) is 73.5 cm³/mol. The van der Waals surface area contributed by atoms with E-state index in [1.165, 1.54) is 5.56 Å². The number of amides is 1. The van der Waals surface area contributed by atoms with E-state index in [9.17, 15) is 4.79 Å². The Morgan fingerprint density at radius 2 is 2.11 bits per heavy atom. The lowest BCUT2D eigenvalue weighted by Crippen LogP contribution is -2.42. The van der Waals surface area contributed by atoms with Gasteiger partial charge in [0.05, 0.1) is 0 Å². The van der Waals surface area contributed by atoms with Gasteiger partial charge < -0.3 is 10.6 Å². The molecule has 3 heteroatoms. The van der Waals surface area contributed by atoms with E-state index in [0.717, 1.165) is 37.9 Å². The maximum absolute atomic E-state index is 12.3. The van der Waals surface area contributed by atoms with Crippen LogP contribution in [0.2, 0.25) is 0 Å². The molecule has 0 radical (unpaired) electrons. The molecule has 2 rings (SSSR count). The Morgan fingerprint density at radius 3 is 2.72 bits per heavy atom. The first-order chi connectivity index (χ1) is 8.74. The summed E-state index contributed by atoms with van der Waals surface area (Å²) in [6.45, 7) is 4.47. The van der Waals surface area contributed by atoms with Crippen LogP contribution in [0.1, 0.15) is 35.7 Å². The van der Waals surface area contributed by atoms with Crippen LogP contribution in [0.3, 0.4) is 0 Å². The van der Waals surface area contributed by atoms with Crippen molar-refractivity contribution in [3.8, 4) is 0 Å². The van der Waals surface area contributed by atoms with Crippen molar-refractivity contribution in [2.45, 2.75) is 26.2 Å². The van der Waals surface area contributed by atoms with Gasteiger partial charge >= 0.3 is 0 Å². The first kappa shape index (κ1) is 13.1. The molecule has 1 saturated heterocycles. The fourth-order valence-corrected chi connectivity index (χ4v) is 2.51. The topological polar surface area (TPSA) is 46.3 Å². The van der Waals surface area contributed by atoms with Gasteiger partial charge in [0.15, 0.2) is 0 Å². The Labute approximate surface area is 109 Å². The van der Waals surface area contributed by atoms with Gasteiger partial charge in [0.25, 0.3) is 5.91 Å². The van der Waals surface area contributed by atoms with Crippen LogP contribution >= 0.6 is 0 Å². The lowest BCUT2D eigenvalue weighted by atomic mass is 9.97. The van der Waals surface area contributed by atoms with Crippen molar-refractivity contribution in [1.82, 2.24) is 4.90 Å². The molecule has 18 heavy (non-hydrogen) atoms. The fraction of sp³-hybridized carbons (Fsp3) is 0.533. The van der Waals surface area contributed by atoms with Gasteiger partial charge in [-0.3, -0.25) is 4.79 Å². The highest BCUT2D eigenvalue weighted by molar-refractivity contribution is 5.94. The van der Waals surface area contributed by atoms with Gasteiger partial charge in [-0.05, 0) is 49.4 Å². The maximum atomic E-state index is 12.3. The highest BCUT2D eigenvalue weighted by Crippen LogP contribution is 2.18. The molecule has 0 aliphatic carbocycles. The SMILES string of the molecule is CCc1ccc(C(=O)N2CCCC(CN)C2)cc1. The molecule has 1 aromatic rings. The fourth-order valence-electron chi connectivity index (χ4n) is 2.51. The Balaban J connectivity index is 2.05. The van der Waals surface area contributed by atoms with Crippen molar-refractivity contribution < 1.29 is 4.79 Å². The van der Waals surface area contributed by atoms with Gasteiger partial charge in [-0.25, -0.2) is 0 Å². The van der Waals surface area contributed by atoms with Crippen LogP contribution in [-0.4, -0.2) is 30.4 Å². The summed E-state index contributed by atoms with van der Waals surface area (Å²) in [5, 5.41) is 0. The van der Waals surface area contributed by atoms with E-state index in [0.29, 0.717) is 12.5 Å². The molecular weight excluding hydrogens is 224 g/mol.